The zero-order chi connectivity index (χ0) is 13.0. The number of hydrogen-bond acceptors (Lipinski definition) is 4. The highest BCUT2D eigenvalue weighted by molar-refractivity contribution is 7.09. The third-order valence-corrected chi connectivity index (χ3v) is 3.76. The molecule has 18 heavy (non-hydrogen) atoms. The lowest BCUT2D eigenvalue weighted by Gasteiger charge is -2.12. The minimum Gasteiger partial charge on any atom is -0.486 e. The molecule has 3 nitrogen and oxygen atoms in total. The molecule has 0 bridgehead atoms. The lowest BCUT2D eigenvalue weighted by molar-refractivity contribution is 0.305. The number of aryl methyl sites for hydroxylation is 1. The summed E-state index contributed by atoms with van der Waals surface area (Å²) in [6.45, 7) is 4.66. The van der Waals surface area contributed by atoms with E-state index in [1.54, 1.807) is 11.3 Å². The first kappa shape index (κ1) is 13.1. The molecule has 1 aromatic carbocycles. The number of rotatable bonds is 5. The van der Waals surface area contributed by atoms with E-state index >= 15 is 0 Å². The second-order valence-electron chi connectivity index (χ2n) is 4.25. The highest BCUT2D eigenvalue weighted by Gasteiger charge is 2.04. The molecule has 0 saturated carbocycles. The van der Waals surface area contributed by atoms with Crippen molar-refractivity contribution in [2.75, 3.05) is 7.05 Å². The Balaban J connectivity index is 2.01. The number of ether oxygens (including phenoxy) is 1. The number of aromatic nitrogens is 1. The summed E-state index contributed by atoms with van der Waals surface area (Å²) in [5.74, 6) is 0.891. The Bertz CT molecular complexity index is 510. The average Bonchev–Trinajstić information content (AvgIpc) is 2.81. The molecule has 0 saturated heterocycles. The molecule has 4 heteroatoms. The Morgan fingerprint density at radius 2 is 2.28 bits per heavy atom. The van der Waals surface area contributed by atoms with E-state index in [1.807, 2.05) is 31.5 Å². The van der Waals surface area contributed by atoms with Crippen LogP contribution in [-0.2, 0) is 6.61 Å². The molecule has 0 amide bonds. The molecule has 96 valence electrons. The van der Waals surface area contributed by atoms with Gasteiger partial charge in [-0.25, -0.2) is 4.98 Å². The number of benzene rings is 1. The van der Waals surface area contributed by atoms with Crippen LogP contribution >= 0.6 is 11.3 Å². The molecule has 1 unspecified atom stereocenters. The summed E-state index contributed by atoms with van der Waals surface area (Å²) in [4.78, 5) is 4.38. The van der Waals surface area contributed by atoms with Gasteiger partial charge in [0.1, 0.15) is 17.4 Å². The maximum absolute atomic E-state index is 5.76. The van der Waals surface area contributed by atoms with Crippen molar-refractivity contribution >= 4 is 11.3 Å². The van der Waals surface area contributed by atoms with Crippen molar-refractivity contribution in [1.29, 1.82) is 0 Å². The molecular formula is C14H18N2OS. The van der Waals surface area contributed by atoms with Crippen LogP contribution in [0.5, 0.6) is 5.75 Å². The first-order valence-corrected chi connectivity index (χ1v) is 6.88. The number of nitrogens with one attached hydrogen (secondary N) is 1. The fraction of sp³-hybridized carbons (Fsp3) is 0.357. The second kappa shape index (κ2) is 5.98. The molecule has 0 radical (unpaired) electrons. The van der Waals surface area contributed by atoms with E-state index in [0.29, 0.717) is 12.6 Å². The molecule has 2 rings (SSSR count). The van der Waals surface area contributed by atoms with Crippen molar-refractivity contribution < 1.29 is 4.74 Å². The summed E-state index contributed by atoms with van der Waals surface area (Å²) in [5, 5.41) is 6.27. The summed E-state index contributed by atoms with van der Waals surface area (Å²) >= 11 is 1.64. The first-order valence-electron chi connectivity index (χ1n) is 6.00. The molecule has 1 heterocycles. The van der Waals surface area contributed by atoms with Crippen LogP contribution in [0, 0.1) is 6.92 Å². The van der Waals surface area contributed by atoms with E-state index in [1.165, 1.54) is 5.56 Å². The smallest absolute Gasteiger partial charge is 0.140 e. The Labute approximate surface area is 112 Å². The van der Waals surface area contributed by atoms with Crippen LogP contribution in [0.3, 0.4) is 0 Å². The van der Waals surface area contributed by atoms with Crippen LogP contribution in [0.15, 0.2) is 29.6 Å². The molecule has 1 aromatic heterocycles. The van der Waals surface area contributed by atoms with Gasteiger partial charge in [-0.1, -0.05) is 12.1 Å². The lowest BCUT2D eigenvalue weighted by Crippen LogP contribution is -2.12. The summed E-state index contributed by atoms with van der Waals surface area (Å²) in [7, 11) is 1.95. The Kier molecular flexibility index (Phi) is 4.33. The van der Waals surface area contributed by atoms with Crippen molar-refractivity contribution in [2.24, 2.45) is 0 Å². The zero-order valence-corrected chi connectivity index (χ0v) is 11.8. The first-order chi connectivity index (χ1) is 8.69. The van der Waals surface area contributed by atoms with Gasteiger partial charge in [0.25, 0.3) is 0 Å². The van der Waals surface area contributed by atoms with Crippen LogP contribution in [-0.4, -0.2) is 12.0 Å². The van der Waals surface area contributed by atoms with Gasteiger partial charge in [-0.3, -0.25) is 0 Å². The summed E-state index contributed by atoms with van der Waals surface area (Å²) in [6, 6.07) is 8.50. The van der Waals surface area contributed by atoms with Gasteiger partial charge in [-0.15, -0.1) is 11.3 Å². The van der Waals surface area contributed by atoms with Crippen LogP contribution < -0.4 is 10.1 Å². The lowest BCUT2D eigenvalue weighted by atomic mass is 10.1. The molecule has 0 aliphatic heterocycles. The maximum atomic E-state index is 5.76. The zero-order valence-electron chi connectivity index (χ0n) is 10.9. The maximum Gasteiger partial charge on any atom is 0.140 e. The van der Waals surface area contributed by atoms with Gasteiger partial charge in [0.15, 0.2) is 0 Å². The molecule has 0 fully saturated rings. The van der Waals surface area contributed by atoms with E-state index in [0.717, 1.165) is 16.5 Å². The van der Waals surface area contributed by atoms with Crippen molar-refractivity contribution in [1.82, 2.24) is 10.3 Å². The number of thiazole rings is 1. The molecular weight excluding hydrogens is 244 g/mol. The minimum absolute atomic E-state index is 0.329. The standard InChI is InChI=1S/C14H18N2OS/c1-10-9-18-14(16-10)8-17-13-6-4-5-12(7-13)11(2)15-3/h4-7,9,11,15H,8H2,1-3H3. The van der Waals surface area contributed by atoms with Gasteiger partial charge < -0.3 is 10.1 Å². The molecule has 0 aliphatic carbocycles. The second-order valence-corrected chi connectivity index (χ2v) is 5.20. The Morgan fingerprint density at radius 3 is 2.94 bits per heavy atom. The van der Waals surface area contributed by atoms with Gasteiger partial charge in [0.2, 0.25) is 0 Å². The number of nitrogens with zero attached hydrogens (tertiary/aromatic N) is 1. The Hall–Kier alpha value is -1.39. The predicted octanol–water partition coefficient (Wildman–Crippen LogP) is 3.31. The fourth-order valence-electron chi connectivity index (χ4n) is 1.65. The van der Waals surface area contributed by atoms with E-state index in [2.05, 4.69) is 29.4 Å². The normalized spacial score (nSPS) is 12.4. The van der Waals surface area contributed by atoms with Gasteiger partial charge in [-0.05, 0) is 38.6 Å². The van der Waals surface area contributed by atoms with Crippen LogP contribution in [0.25, 0.3) is 0 Å². The fourth-order valence-corrected chi connectivity index (χ4v) is 2.34. The summed E-state index contributed by atoms with van der Waals surface area (Å²) in [5.41, 5.74) is 2.28. The third kappa shape index (κ3) is 3.31. The van der Waals surface area contributed by atoms with Crippen molar-refractivity contribution in [3.8, 4) is 5.75 Å². The Morgan fingerprint density at radius 1 is 1.44 bits per heavy atom. The van der Waals surface area contributed by atoms with Crippen molar-refractivity contribution in [3.05, 3.63) is 45.9 Å². The highest BCUT2D eigenvalue weighted by Crippen LogP contribution is 2.20. The van der Waals surface area contributed by atoms with E-state index in [-0.39, 0.29) is 0 Å². The quantitative estimate of drug-likeness (QED) is 0.897. The van der Waals surface area contributed by atoms with E-state index in [9.17, 15) is 0 Å². The van der Waals surface area contributed by atoms with E-state index < -0.39 is 0 Å². The van der Waals surface area contributed by atoms with Crippen molar-refractivity contribution in [3.63, 3.8) is 0 Å². The third-order valence-electron chi connectivity index (χ3n) is 2.82. The highest BCUT2D eigenvalue weighted by atomic mass is 32.1. The van der Waals surface area contributed by atoms with Gasteiger partial charge in [-0.2, -0.15) is 0 Å². The molecule has 0 spiro atoms. The topological polar surface area (TPSA) is 34.1 Å². The average molecular weight is 262 g/mol. The van der Waals surface area contributed by atoms with Crippen LogP contribution in [0.1, 0.15) is 29.2 Å². The largest absolute Gasteiger partial charge is 0.486 e. The van der Waals surface area contributed by atoms with Gasteiger partial charge >= 0.3 is 0 Å². The van der Waals surface area contributed by atoms with Crippen LogP contribution in [0.2, 0.25) is 0 Å². The predicted molar refractivity (Wildman–Crippen MR) is 75.1 cm³/mol. The SMILES string of the molecule is CNC(C)c1cccc(OCc2nc(C)cs2)c1. The molecule has 2 aromatic rings. The molecule has 0 aliphatic rings. The van der Waals surface area contributed by atoms with Gasteiger partial charge in [0.05, 0.1) is 0 Å². The number of hydrogen-bond donors (Lipinski definition) is 1. The minimum atomic E-state index is 0.329. The van der Waals surface area contributed by atoms with Crippen LogP contribution in [0.4, 0.5) is 0 Å². The van der Waals surface area contributed by atoms with Gasteiger partial charge in [0, 0.05) is 17.1 Å². The summed E-state index contributed by atoms with van der Waals surface area (Å²) < 4.78 is 5.76. The summed E-state index contributed by atoms with van der Waals surface area (Å²) in [6.07, 6.45) is 0. The monoisotopic (exact) mass is 262 g/mol. The van der Waals surface area contributed by atoms with Crippen molar-refractivity contribution in [2.45, 2.75) is 26.5 Å². The molecule has 1 atom stereocenters. The molecule has 1 N–H and O–H groups in total. The van der Waals surface area contributed by atoms with E-state index in [4.69, 9.17) is 4.74 Å².